The molecule has 8 nitrogen and oxygen atoms in total. The number of methoxy groups -OCH3 is 1. The molecule has 3 heterocycles. The average Bonchev–Trinajstić information content (AvgIpc) is 3.13. The quantitative estimate of drug-likeness (QED) is 0.619. The van der Waals surface area contributed by atoms with E-state index in [-0.39, 0.29) is 18.2 Å². The number of fused-ring (bicyclic) bond motifs is 1. The maximum atomic E-state index is 12.9. The van der Waals surface area contributed by atoms with Crippen molar-refractivity contribution in [2.75, 3.05) is 26.7 Å². The normalized spacial score (nSPS) is 14.6. The lowest BCUT2D eigenvalue weighted by Crippen LogP contribution is -2.35. The maximum absolute atomic E-state index is 12.9. The summed E-state index contributed by atoms with van der Waals surface area (Å²) in [4.78, 5) is 45.0. The van der Waals surface area contributed by atoms with Crippen LogP contribution >= 0.6 is 0 Å². The van der Waals surface area contributed by atoms with Gasteiger partial charge < -0.3 is 18.9 Å². The van der Waals surface area contributed by atoms with Crippen LogP contribution in [0.3, 0.4) is 0 Å². The van der Waals surface area contributed by atoms with E-state index in [4.69, 9.17) is 4.74 Å². The van der Waals surface area contributed by atoms with Crippen molar-refractivity contribution in [1.82, 2.24) is 19.2 Å². The lowest BCUT2D eigenvalue weighted by atomic mass is 10.1. The molecule has 0 saturated carbocycles. The van der Waals surface area contributed by atoms with E-state index in [2.05, 4.69) is 4.98 Å². The standard InChI is InChI=1S/C22H22N4O4/c1-30-22(29)17-6-4-5-16(13-17)14-26-12-11-24(10-8-20(26)27)21(28)18-15-25-9-3-2-7-19(25)23-18/h2-7,9,13,15H,8,10-12,14H2,1H3. The van der Waals surface area contributed by atoms with E-state index in [1.807, 2.05) is 30.5 Å². The van der Waals surface area contributed by atoms with Gasteiger partial charge in [0.2, 0.25) is 5.91 Å². The number of esters is 1. The van der Waals surface area contributed by atoms with Gasteiger partial charge in [0.05, 0.1) is 12.7 Å². The molecule has 1 aliphatic rings. The molecule has 2 aromatic heterocycles. The fraction of sp³-hybridized carbons (Fsp3) is 0.273. The van der Waals surface area contributed by atoms with Gasteiger partial charge in [-0.1, -0.05) is 18.2 Å². The molecule has 1 aliphatic heterocycles. The number of amides is 2. The van der Waals surface area contributed by atoms with Crippen molar-refractivity contribution in [2.45, 2.75) is 13.0 Å². The van der Waals surface area contributed by atoms with E-state index < -0.39 is 5.97 Å². The summed E-state index contributed by atoms with van der Waals surface area (Å²) >= 11 is 0. The van der Waals surface area contributed by atoms with Gasteiger partial charge in [0.1, 0.15) is 11.3 Å². The van der Waals surface area contributed by atoms with Gasteiger partial charge in [0.25, 0.3) is 5.91 Å². The number of aromatic nitrogens is 2. The lowest BCUT2D eigenvalue weighted by Gasteiger charge is -2.22. The van der Waals surface area contributed by atoms with Crippen molar-refractivity contribution >= 4 is 23.4 Å². The van der Waals surface area contributed by atoms with Crippen LogP contribution in [0.25, 0.3) is 5.65 Å². The summed E-state index contributed by atoms with van der Waals surface area (Å²) < 4.78 is 6.56. The summed E-state index contributed by atoms with van der Waals surface area (Å²) in [7, 11) is 1.34. The van der Waals surface area contributed by atoms with Crippen molar-refractivity contribution in [3.8, 4) is 0 Å². The van der Waals surface area contributed by atoms with Gasteiger partial charge in [-0.2, -0.15) is 0 Å². The Morgan fingerprint density at radius 3 is 2.77 bits per heavy atom. The summed E-state index contributed by atoms with van der Waals surface area (Å²) in [6.07, 6.45) is 3.80. The number of rotatable bonds is 4. The zero-order valence-electron chi connectivity index (χ0n) is 16.7. The zero-order chi connectivity index (χ0) is 21.1. The summed E-state index contributed by atoms with van der Waals surface area (Å²) in [5.41, 5.74) is 2.36. The molecule has 0 radical (unpaired) electrons. The number of nitrogens with zero attached hydrogens (tertiary/aromatic N) is 4. The van der Waals surface area contributed by atoms with E-state index in [9.17, 15) is 14.4 Å². The molecule has 0 aliphatic carbocycles. The Morgan fingerprint density at radius 2 is 1.97 bits per heavy atom. The van der Waals surface area contributed by atoms with E-state index >= 15 is 0 Å². The Morgan fingerprint density at radius 1 is 1.10 bits per heavy atom. The third kappa shape index (κ3) is 4.03. The average molecular weight is 406 g/mol. The molecule has 2 amide bonds. The van der Waals surface area contributed by atoms with Gasteiger partial charge in [-0.25, -0.2) is 9.78 Å². The molecule has 1 saturated heterocycles. The Balaban J connectivity index is 1.45. The molecule has 1 fully saturated rings. The molecular weight excluding hydrogens is 384 g/mol. The number of hydrogen-bond acceptors (Lipinski definition) is 5. The highest BCUT2D eigenvalue weighted by Crippen LogP contribution is 2.15. The molecule has 30 heavy (non-hydrogen) atoms. The minimum atomic E-state index is -0.414. The fourth-order valence-corrected chi connectivity index (χ4v) is 3.57. The predicted octanol–water partition coefficient (Wildman–Crippen LogP) is 2.00. The monoisotopic (exact) mass is 406 g/mol. The second-order valence-corrected chi connectivity index (χ2v) is 7.14. The Bertz CT molecular complexity index is 1070. The van der Waals surface area contributed by atoms with Gasteiger partial charge in [-0.3, -0.25) is 9.59 Å². The maximum Gasteiger partial charge on any atom is 0.337 e. The smallest absolute Gasteiger partial charge is 0.337 e. The summed E-state index contributed by atoms with van der Waals surface area (Å²) in [6, 6.07) is 12.6. The molecule has 3 aromatic rings. The van der Waals surface area contributed by atoms with Crippen LogP contribution in [0.1, 0.15) is 32.8 Å². The first-order chi connectivity index (χ1) is 14.5. The topological polar surface area (TPSA) is 84.2 Å². The first kappa shape index (κ1) is 19.6. The van der Waals surface area contributed by atoms with Crippen molar-refractivity contribution < 1.29 is 19.1 Å². The third-order valence-corrected chi connectivity index (χ3v) is 5.18. The molecule has 4 rings (SSSR count). The lowest BCUT2D eigenvalue weighted by molar-refractivity contribution is -0.130. The number of carbonyl (C=O) groups excluding carboxylic acids is 3. The highest BCUT2D eigenvalue weighted by Gasteiger charge is 2.26. The SMILES string of the molecule is COC(=O)c1cccc(CN2CCN(C(=O)c3cn4ccccc4n3)CCC2=O)c1. The number of ether oxygens (including phenoxy) is 1. The van der Waals surface area contributed by atoms with Crippen LogP contribution in [0, 0.1) is 0 Å². The highest BCUT2D eigenvalue weighted by molar-refractivity contribution is 5.93. The van der Waals surface area contributed by atoms with Crippen LogP contribution in [0.5, 0.6) is 0 Å². The van der Waals surface area contributed by atoms with E-state index in [1.165, 1.54) is 7.11 Å². The van der Waals surface area contributed by atoms with Gasteiger partial charge in [-0.05, 0) is 29.8 Å². The molecule has 0 atom stereocenters. The molecule has 0 unspecified atom stereocenters. The fourth-order valence-electron chi connectivity index (χ4n) is 3.57. The van der Waals surface area contributed by atoms with Crippen molar-refractivity contribution in [2.24, 2.45) is 0 Å². The zero-order valence-corrected chi connectivity index (χ0v) is 16.7. The van der Waals surface area contributed by atoms with E-state index in [1.54, 1.807) is 38.6 Å². The van der Waals surface area contributed by atoms with Crippen LogP contribution in [-0.4, -0.2) is 63.7 Å². The number of benzene rings is 1. The molecule has 0 N–H and O–H groups in total. The molecule has 8 heteroatoms. The highest BCUT2D eigenvalue weighted by atomic mass is 16.5. The third-order valence-electron chi connectivity index (χ3n) is 5.18. The Kier molecular flexibility index (Phi) is 5.47. The van der Waals surface area contributed by atoms with Crippen LogP contribution < -0.4 is 0 Å². The van der Waals surface area contributed by atoms with Crippen molar-refractivity contribution in [3.63, 3.8) is 0 Å². The van der Waals surface area contributed by atoms with Crippen LogP contribution in [0.2, 0.25) is 0 Å². The first-order valence-corrected chi connectivity index (χ1v) is 9.73. The summed E-state index contributed by atoms with van der Waals surface area (Å²) in [6.45, 7) is 1.57. The second-order valence-electron chi connectivity index (χ2n) is 7.14. The van der Waals surface area contributed by atoms with Gasteiger partial charge in [0, 0.05) is 45.0 Å². The van der Waals surface area contributed by atoms with Crippen molar-refractivity contribution in [3.05, 3.63) is 71.7 Å². The molecular formula is C22H22N4O4. The van der Waals surface area contributed by atoms with Gasteiger partial charge >= 0.3 is 5.97 Å². The first-order valence-electron chi connectivity index (χ1n) is 9.73. The van der Waals surface area contributed by atoms with Crippen LogP contribution in [0.4, 0.5) is 0 Å². The number of carbonyl (C=O) groups is 3. The largest absolute Gasteiger partial charge is 0.465 e. The molecule has 0 spiro atoms. The van der Waals surface area contributed by atoms with Crippen molar-refractivity contribution in [1.29, 1.82) is 0 Å². The van der Waals surface area contributed by atoms with E-state index in [0.29, 0.717) is 43.1 Å². The van der Waals surface area contributed by atoms with Gasteiger partial charge in [-0.15, -0.1) is 0 Å². The second kappa shape index (κ2) is 8.36. The van der Waals surface area contributed by atoms with Crippen LogP contribution in [-0.2, 0) is 16.1 Å². The number of hydrogen-bond donors (Lipinski definition) is 0. The number of imidazole rings is 1. The van der Waals surface area contributed by atoms with Crippen LogP contribution in [0.15, 0.2) is 54.9 Å². The predicted molar refractivity (Wildman–Crippen MR) is 109 cm³/mol. The Labute approximate surface area is 173 Å². The minimum absolute atomic E-state index is 0.0243. The minimum Gasteiger partial charge on any atom is -0.465 e. The Hall–Kier alpha value is -3.68. The van der Waals surface area contributed by atoms with Gasteiger partial charge in [0.15, 0.2) is 0 Å². The molecule has 0 bridgehead atoms. The number of pyridine rings is 1. The summed E-state index contributed by atoms with van der Waals surface area (Å²) in [5, 5.41) is 0. The summed E-state index contributed by atoms with van der Waals surface area (Å²) in [5.74, 6) is -0.618. The molecule has 1 aromatic carbocycles. The van der Waals surface area contributed by atoms with E-state index in [0.717, 1.165) is 5.56 Å². The molecule has 154 valence electrons.